The third-order valence-corrected chi connectivity index (χ3v) is 4.03. The largest absolute Gasteiger partial charge is 0.497 e. The summed E-state index contributed by atoms with van der Waals surface area (Å²) < 4.78 is 15.7. The van der Waals surface area contributed by atoms with Gasteiger partial charge in [-0.15, -0.1) is 0 Å². The zero-order chi connectivity index (χ0) is 19.2. The van der Waals surface area contributed by atoms with Gasteiger partial charge in [0.05, 0.1) is 32.7 Å². The van der Waals surface area contributed by atoms with Crippen LogP contribution in [-0.4, -0.2) is 37.3 Å². The van der Waals surface area contributed by atoms with Crippen LogP contribution in [0.15, 0.2) is 54.6 Å². The molecule has 0 bridgehead atoms. The maximum Gasteiger partial charge on any atom is 0.185 e. The number of carbonyl (C=O) groups excluding carboxylic acids is 1. The van der Waals surface area contributed by atoms with E-state index in [9.17, 15) is 4.79 Å². The molecule has 27 heavy (non-hydrogen) atoms. The fraction of sp³-hybridized carbons (Fsp3) is 0.143. The molecule has 6 heteroatoms. The van der Waals surface area contributed by atoms with Gasteiger partial charge in [0.25, 0.3) is 0 Å². The number of ketones is 1. The fourth-order valence-corrected chi connectivity index (χ4v) is 2.54. The van der Waals surface area contributed by atoms with Crippen LogP contribution in [0.1, 0.15) is 16.1 Å². The molecule has 2 aromatic carbocycles. The topological polar surface area (TPSA) is 73.4 Å². The predicted octanol–water partition coefficient (Wildman–Crippen LogP) is 4.00. The molecule has 1 aromatic heterocycles. The number of aromatic amines is 1. The highest BCUT2D eigenvalue weighted by atomic mass is 16.5. The molecule has 138 valence electrons. The number of nitrogens with one attached hydrogen (secondary N) is 1. The second-order valence-electron chi connectivity index (χ2n) is 5.74. The van der Waals surface area contributed by atoms with E-state index in [1.54, 1.807) is 57.7 Å². The van der Waals surface area contributed by atoms with E-state index in [-0.39, 0.29) is 5.78 Å². The van der Waals surface area contributed by atoms with Crippen molar-refractivity contribution in [3.63, 3.8) is 0 Å². The van der Waals surface area contributed by atoms with Crippen LogP contribution >= 0.6 is 0 Å². The van der Waals surface area contributed by atoms with Gasteiger partial charge in [0.2, 0.25) is 0 Å². The average Bonchev–Trinajstić information content (AvgIpc) is 3.20. The van der Waals surface area contributed by atoms with Crippen molar-refractivity contribution >= 4 is 11.9 Å². The van der Waals surface area contributed by atoms with Crippen LogP contribution in [0.25, 0.3) is 17.3 Å². The first-order valence-electron chi connectivity index (χ1n) is 8.28. The molecule has 3 rings (SSSR count). The normalized spacial score (nSPS) is 10.8. The van der Waals surface area contributed by atoms with E-state index >= 15 is 0 Å². The van der Waals surface area contributed by atoms with Gasteiger partial charge in [0.15, 0.2) is 5.78 Å². The molecule has 0 saturated carbocycles. The van der Waals surface area contributed by atoms with Crippen molar-refractivity contribution in [3.8, 4) is 28.5 Å². The Morgan fingerprint density at radius 3 is 2.11 bits per heavy atom. The minimum atomic E-state index is -0.100. The molecule has 0 aliphatic heterocycles. The number of rotatable bonds is 7. The Balaban J connectivity index is 1.77. The second kappa shape index (κ2) is 8.23. The summed E-state index contributed by atoms with van der Waals surface area (Å²) >= 11 is 0. The van der Waals surface area contributed by atoms with Crippen LogP contribution in [0.3, 0.4) is 0 Å². The maximum atomic E-state index is 12.3. The number of aromatic nitrogens is 2. The van der Waals surface area contributed by atoms with Gasteiger partial charge >= 0.3 is 0 Å². The van der Waals surface area contributed by atoms with Crippen molar-refractivity contribution in [2.75, 3.05) is 21.3 Å². The standard InChI is InChI=1S/C21H20N2O4/c1-25-17-7-4-14(5-8-17)21(24)9-6-16-12-20(23-22-16)15-10-18(26-2)13-19(11-15)27-3/h4-13H,1-3H3,(H,22,23)/b9-6+. The molecule has 0 radical (unpaired) electrons. The molecule has 0 aliphatic carbocycles. The van der Waals surface area contributed by atoms with Crippen molar-refractivity contribution in [3.05, 3.63) is 65.9 Å². The van der Waals surface area contributed by atoms with Gasteiger partial charge in [-0.25, -0.2) is 0 Å². The van der Waals surface area contributed by atoms with Crippen LogP contribution in [0.2, 0.25) is 0 Å². The maximum absolute atomic E-state index is 12.3. The van der Waals surface area contributed by atoms with E-state index in [1.807, 2.05) is 18.2 Å². The highest BCUT2D eigenvalue weighted by Crippen LogP contribution is 2.29. The molecular formula is C21H20N2O4. The minimum absolute atomic E-state index is 0.100. The van der Waals surface area contributed by atoms with E-state index in [4.69, 9.17) is 14.2 Å². The first-order valence-corrected chi connectivity index (χ1v) is 8.28. The summed E-state index contributed by atoms with van der Waals surface area (Å²) in [6.45, 7) is 0. The molecule has 0 amide bonds. The Bertz CT molecular complexity index is 936. The van der Waals surface area contributed by atoms with Gasteiger partial charge in [-0.2, -0.15) is 5.10 Å². The van der Waals surface area contributed by atoms with E-state index in [0.717, 1.165) is 11.3 Å². The third kappa shape index (κ3) is 4.36. The summed E-state index contributed by atoms with van der Waals surface area (Å²) in [6.07, 6.45) is 3.20. The Kier molecular flexibility index (Phi) is 5.56. The molecule has 0 saturated heterocycles. The molecule has 0 spiro atoms. The number of H-pyrrole nitrogens is 1. The summed E-state index contributed by atoms with van der Waals surface area (Å²) in [5.74, 6) is 1.97. The number of carbonyl (C=O) groups is 1. The summed E-state index contributed by atoms with van der Waals surface area (Å²) in [5.41, 5.74) is 2.88. The van der Waals surface area contributed by atoms with Crippen LogP contribution in [-0.2, 0) is 0 Å². The number of hydrogen-bond donors (Lipinski definition) is 1. The van der Waals surface area contributed by atoms with E-state index < -0.39 is 0 Å². The third-order valence-electron chi connectivity index (χ3n) is 4.03. The molecule has 0 aliphatic rings. The molecule has 6 nitrogen and oxygen atoms in total. The van der Waals surface area contributed by atoms with Gasteiger partial charge in [-0.3, -0.25) is 9.89 Å². The first-order chi connectivity index (χ1) is 13.1. The highest BCUT2D eigenvalue weighted by Gasteiger charge is 2.08. The Hall–Kier alpha value is -3.54. The Labute approximate surface area is 157 Å². The summed E-state index contributed by atoms with van der Waals surface area (Å²) in [5, 5.41) is 7.21. The minimum Gasteiger partial charge on any atom is -0.497 e. The number of methoxy groups -OCH3 is 3. The lowest BCUT2D eigenvalue weighted by Gasteiger charge is -2.06. The zero-order valence-corrected chi connectivity index (χ0v) is 15.4. The monoisotopic (exact) mass is 364 g/mol. The van der Waals surface area contributed by atoms with Crippen molar-refractivity contribution < 1.29 is 19.0 Å². The fourth-order valence-electron chi connectivity index (χ4n) is 2.54. The number of hydrogen-bond acceptors (Lipinski definition) is 5. The van der Waals surface area contributed by atoms with Crippen LogP contribution in [0.4, 0.5) is 0 Å². The van der Waals surface area contributed by atoms with Crippen molar-refractivity contribution in [1.82, 2.24) is 10.2 Å². The Morgan fingerprint density at radius 1 is 0.889 bits per heavy atom. The number of allylic oxidation sites excluding steroid dienone is 1. The van der Waals surface area contributed by atoms with Gasteiger partial charge in [0, 0.05) is 17.2 Å². The first kappa shape index (κ1) is 18.3. The van der Waals surface area contributed by atoms with Crippen LogP contribution in [0.5, 0.6) is 17.2 Å². The van der Waals surface area contributed by atoms with Gasteiger partial charge in [0.1, 0.15) is 17.2 Å². The average molecular weight is 364 g/mol. The lowest BCUT2D eigenvalue weighted by Crippen LogP contribution is -1.94. The smallest absolute Gasteiger partial charge is 0.185 e. The number of benzene rings is 2. The van der Waals surface area contributed by atoms with Crippen LogP contribution in [0, 0.1) is 0 Å². The zero-order valence-electron chi connectivity index (χ0n) is 15.4. The van der Waals surface area contributed by atoms with Crippen LogP contribution < -0.4 is 14.2 Å². The lowest BCUT2D eigenvalue weighted by atomic mass is 10.1. The second-order valence-corrected chi connectivity index (χ2v) is 5.74. The predicted molar refractivity (Wildman–Crippen MR) is 103 cm³/mol. The Morgan fingerprint density at radius 2 is 1.52 bits per heavy atom. The quantitative estimate of drug-likeness (QED) is 0.507. The van der Waals surface area contributed by atoms with Crippen molar-refractivity contribution in [1.29, 1.82) is 0 Å². The summed E-state index contributed by atoms with van der Waals surface area (Å²) in [6, 6.07) is 14.4. The molecule has 1 N–H and O–H groups in total. The van der Waals surface area contributed by atoms with Crippen molar-refractivity contribution in [2.45, 2.75) is 0 Å². The highest BCUT2D eigenvalue weighted by molar-refractivity contribution is 6.06. The molecule has 0 fully saturated rings. The van der Waals surface area contributed by atoms with Gasteiger partial charge < -0.3 is 14.2 Å². The molecule has 1 heterocycles. The summed E-state index contributed by atoms with van der Waals surface area (Å²) in [4.78, 5) is 12.3. The van der Waals surface area contributed by atoms with Gasteiger partial charge in [-0.05, 0) is 54.6 Å². The lowest BCUT2D eigenvalue weighted by molar-refractivity contribution is 0.104. The van der Waals surface area contributed by atoms with E-state index in [2.05, 4.69) is 10.2 Å². The summed E-state index contributed by atoms with van der Waals surface area (Å²) in [7, 11) is 4.79. The van der Waals surface area contributed by atoms with E-state index in [1.165, 1.54) is 6.08 Å². The molecule has 3 aromatic rings. The molecule has 0 unspecified atom stereocenters. The SMILES string of the molecule is COc1ccc(C(=O)/C=C/c2cc(-c3cc(OC)cc(OC)c3)n[nH]2)cc1. The van der Waals surface area contributed by atoms with Crippen molar-refractivity contribution in [2.24, 2.45) is 0 Å². The number of ether oxygens (including phenoxy) is 3. The number of nitrogens with zero attached hydrogens (tertiary/aromatic N) is 1. The van der Waals surface area contributed by atoms with Gasteiger partial charge in [-0.1, -0.05) is 0 Å². The molecular weight excluding hydrogens is 344 g/mol. The molecule has 0 atom stereocenters. The van der Waals surface area contributed by atoms with E-state index in [0.29, 0.717) is 28.5 Å².